The van der Waals surface area contributed by atoms with Crippen molar-refractivity contribution in [3.8, 4) is 0 Å². The van der Waals surface area contributed by atoms with Crippen molar-refractivity contribution in [3.05, 3.63) is 46.7 Å². The molecule has 2 heterocycles. The number of hydrogen-bond donors (Lipinski definition) is 1. The van der Waals surface area contributed by atoms with Gasteiger partial charge in [-0.15, -0.1) is 11.3 Å². The number of rotatable bonds is 4. The number of hydrogen-bond acceptors (Lipinski definition) is 5. The number of nitrogens with zero attached hydrogens (tertiary/aromatic N) is 2. The number of benzene rings is 1. The summed E-state index contributed by atoms with van der Waals surface area (Å²) in [5.41, 5.74) is 3.87. The monoisotopic (exact) mass is 273 g/mol. The van der Waals surface area contributed by atoms with Crippen LogP contribution in [0, 0.1) is 0 Å². The number of imidazole rings is 1. The fourth-order valence-electron chi connectivity index (χ4n) is 1.75. The maximum atomic E-state index is 11.6. The zero-order valence-electron chi connectivity index (χ0n) is 10.00. The number of thiazole rings is 1. The van der Waals surface area contributed by atoms with Crippen molar-refractivity contribution in [2.75, 3.05) is 6.61 Å². The lowest BCUT2D eigenvalue weighted by atomic mass is 10.3. The van der Waals surface area contributed by atoms with E-state index in [0.717, 1.165) is 16.9 Å². The molecule has 6 heteroatoms. The predicted molar refractivity (Wildman–Crippen MR) is 72.2 cm³/mol. The van der Waals surface area contributed by atoms with Crippen LogP contribution in [0.5, 0.6) is 0 Å². The molecule has 0 saturated heterocycles. The van der Waals surface area contributed by atoms with E-state index in [-0.39, 0.29) is 6.61 Å². The van der Waals surface area contributed by atoms with Crippen LogP contribution in [0.1, 0.15) is 16.3 Å². The number of ether oxygens (including phenoxy) is 1. The third kappa shape index (κ3) is 2.63. The van der Waals surface area contributed by atoms with Crippen molar-refractivity contribution in [1.29, 1.82) is 0 Å². The molecule has 0 aliphatic carbocycles. The average molecular weight is 273 g/mol. The second-order valence-corrected chi connectivity index (χ2v) is 4.68. The molecule has 1 aromatic carbocycles. The van der Waals surface area contributed by atoms with Gasteiger partial charge in [-0.3, -0.25) is 0 Å². The number of aromatic amines is 1. The summed E-state index contributed by atoms with van der Waals surface area (Å²) in [6.45, 7) is 0.288. The summed E-state index contributed by atoms with van der Waals surface area (Å²) < 4.78 is 5.13. The largest absolute Gasteiger partial charge is 0.460 e. The molecule has 0 bridgehead atoms. The third-order valence-electron chi connectivity index (χ3n) is 2.65. The van der Waals surface area contributed by atoms with Crippen molar-refractivity contribution in [2.45, 2.75) is 6.42 Å². The molecule has 0 unspecified atom stereocenters. The normalized spacial score (nSPS) is 10.7. The quantitative estimate of drug-likeness (QED) is 0.741. The van der Waals surface area contributed by atoms with Gasteiger partial charge in [-0.05, 0) is 12.1 Å². The van der Waals surface area contributed by atoms with Gasteiger partial charge in [-0.2, -0.15) is 0 Å². The van der Waals surface area contributed by atoms with Gasteiger partial charge in [0, 0.05) is 11.8 Å². The van der Waals surface area contributed by atoms with E-state index >= 15 is 0 Å². The fourth-order valence-corrected chi connectivity index (χ4v) is 2.27. The molecule has 96 valence electrons. The summed E-state index contributed by atoms with van der Waals surface area (Å²) in [6, 6.07) is 7.80. The van der Waals surface area contributed by atoms with Gasteiger partial charge in [0.05, 0.1) is 23.2 Å². The van der Waals surface area contributed by atoms with Gasteiger partial charge >= 0.3 is 5.97 Å². The van der Waals surface area contributed by atoms with Crippen LogP contribution in [0.15, 0.2) is 35.2 Å². The average Bonchev–Trinajstić information content (AvgIpc) is 3.07. The van der Waals surface area contributed by atoms with E-state index in [1.807, 2.05) is 24.3 Å². The highest BCUT2D eigenvalue weighted by molar-refractivity contribution is 7.07. The first kappa shape index (κ1) is 11.9. The van der Waals surface area contributed by atoms with Crippen molar-refractivity contribution < 1.29 is 9.53 Å². The summed E-state index contributed by atoms with van der Waals surface area (Å²) in [4.78, 5) is 23.1. The van der Waals surface area contributed by atoms with Crippen molar-refractivity contribution in [3.63, 3.8) is 0 Å². The molecule has 3 rings (SSSR count). The maximum Gasteiger partial charge on any atom is 0.357 e. The zero-order valence-corrected chi connectivity index (χ0v) is 10.8. The number of carbonyl (C=O) groups excluding carboxylic acids is 1. The fraction of sp³-hybridized carbons (Fsp3) is 0.154. The number of fused-ring (bicyclic) bond motifs is 1. The van der Waals surface area contributed by atoms with Crippen molar-refractivity contribution >= 4 is 28.3 Å². The van der Waals surface area contributed by atoms with Gasteiger partial charge in [0.25, 0.3) is 0 Å². The Balaban J connectivity index is 1.59. The van der Waals surface area contributed by atoms with Gasteiger partial charge in [0.1, 0.15) is 5.82 Å². The van der Waals surface area contributed by atoms with E-state index in [1.54, 1.807) is 10.9 Å². The molecule has 0 atom stereocenters. The van der Waals surface area contributed by atoms with E-state index in [2.05, 4.69) is 15.0 Å². The Kier molecular flexibility index (Phi) is 3.24. The minimum Gasteiger partial charge on any atom is -0.460 e. The number of carbonyl (C=O) groups is 1. The van der Waals surface area contributed by atoms with Gasteiger partial charge in [0.15, 0.2) is 5.69 Å². The van der Waals surface area contributed by atoms with E-state index in [4.69, 9.17) is 4.74 Å². The molecule has 0 radical (unpaired) electrons. The zero-order chi connectivity index (χ0) is 13.1. The lowest BCUT2D eigenvalue weighted by Crippen LogP contribution is -2.08. The van der Waals surface area contributed by atoms with Crippen LogP contribution in [-0.2, 0) is 11.2 Å². The number of H-pyrrole nitrogens is 1. The first-order chi connectivity index (χ1) is 9.33. The molecule has 5 nitrogen and oxygen atoms in total. The van der Waals surface area contributed by atoms with Crippen LogP contribution < -0.4 is 0 Å². The summed E-state index contributed by atoms with van der Waals surface area (Å²) in [5, 5.41) is 1.67. The molecule has 0 aliphatic rings. The first-order valence-corrected chi connectivity index (χ1v) is 6.76. The van der Waals surface area contributed by atoms with E-state index < -0.39 is 5.97 Å². The molecule has 0 spiro atoms. The van der Waals surface area contributed by atoms with E-state index in [0.29, 0.717) is 12.1 Å². The van der Waals surface area contributed by atoms with Crippen LogP contribution in [0.2, 0.25) is 0 Å². The molecule has 0 amide bonds. The Labute approximate surface area is 113 Å². The standard InChI is InChI=1S/C13H11N3O2S/c17-13(11-7-19-8-14-11)18-6-5-12-15-9-3-1-2-4-10(9)16-12/h1-4,7-8H,5-6H2,(H,15,16). The lowest BCUT2D eigenvalue weighted by molar-refractivity contribution is 0.0502. The van der Waals surface area contributed by atoms with Gasteiger partial charge in [-0.25, -0.2) is 14.8 Å². The Morgan fingerprint density at radius 2 is 2.26 bits per heavy atom. The summed E-state index contributed by atoms with van der Waals surface area (Å²) in [5.74, 6) is 0.421. The number of esters is 1. The predicted octanol–water partition coefficient (Wildman–Crippen LogP) is 2.42. The highest BCUT2D eigenvalue weighted by Gasteiger charge is 2.09. The van der Waals surface area contributed by atoms with Crippen LogP contribution in [0.4, 0.5) is 0 Å². The smallest absolute Gasteiger partial charge is 0.357 e. The van der Waals surface area contributed by atoms with Gasteiger partial charge < -0.3 is 9.72 Å². The van der Waals surface area contributed by atoms with Crippen LogP contribution in [-0.4, -0.2) is 27.5 Å². The second kappa shape index (κ2) is 5.19. The Hall–Kier alpha value is -2.21. The second-order valence-electron chi connectivity index (χ2n) is 3.96. The third-order valence-corrected chi connectivity index (χ3v) is 3.24. The Morgan fingerprint density at radius 1 is 1.37 bits per heavy atom. The molecule has 0 fully saturated rings. The van der Waals surface area contributed by atoms with Gasteiger partial charge in [-0.1, -0.05) is 12.1 Å². The van der Waals surface area contributed by atoms with Crippen LogP contribution in [0.25, 0.3) is 11.0 Å². The first-order valence-electron chi connectivity index (χ1n) is 5.82. The van der Waals surface area contributed by atoms with Gasteiger partial charge in [0.2, 0.25) is 0 Å². The topological polar surface area (TPSA) is 67.9 Å². The van der Waals surface area contributed by atoms with Crippen LogP contribution in [0.3, 0.4) is 0 Å². The minimum absolute atomic E-state index is 0.288. The summed E-state index contributed by atoms with van der Waals surface area (Å²) in [6.07, 6.45) is 0.560. The molecule has 19 heavy (non-hydrogen) atoms. The van der Waals surface area contributed by atoms with Crippen molar-refractivity contribution in [2.24, 2.45) is 0 Å². The van der Waals surface area contributed by atoms with Crippen LogP contribution >= 0.6 is 11.3 Å². The maximum absolute atomic E-state index is 11.6. The number of para-hydroxylation sites is 2. The lowest BCUT2D eigenvalue weighted by Gasteiger charge is -2.00. The number of aromatic nitrogens is 3. The molecule has 3 aromatic rings. The highest BCUT2D eigenvalue weighted by atomic mass is 32.1. The van der Waals surface area contributed by atoms with Crippen molar-refractivity contribution in [1.82, 2.24) is 15.0 Å². The molecule has 1 N–H and O–H groups in total. The molecule has 0 aliphatic heterocycles. The SMILES string of the molecule is O=C(OCCc1nc2ccccc2[nH]1)c1cscn1. The summed E-state index contributed by atoms with van der Waals surface area (Å²) >= 11 is 1.37. The van der Waals surface area contributed by atoms with E-state index in [1.165, 1.54) is 11.3 Å². The summed E-state index contributed by atoms with van der Waals surface area (Å²) in [7, 11) is 0. The molecule has 2 aromatic heterocycles. The Bertz CT molecular complexity index is 658. The Morgan fingerprint density at radius 3 is 3.05 bits per heavy atom. The molecular formula is C13H11N3O2S. The van der Waals surface area contributed by atoms with E-state index in [9.17, 15) is 4.79 Å². The highest BCUT2D eigenvalue weighted by Crippen LogP contribution is 2.10. The molecular weight excluding hydrogens is 262 g/mol. The number of nitrogens with one attached hydrogen (secondary N) is 1. The molecule has 0 saturated carbocycles. The minimum atomic E-state index is -0.391.